The monoisotopic (exact) mass is 222 g/mol. The summed E-state index contributed by atoms with van der Waals surface area (Å²) in [6.07, 6.45) is 0. The maximum atomic E-state index is 12.9. The first-order chi connectivity index (χ1) is 7.22. The van der Waals surface area contributed by atoms with Crippen LogP contribution in [0.1, 0.15) is 4.88 Å². The molecule has 0 aliphatic heterocycles. The summed E-state index contributed by atoms with van der Waals surface area (Å²) in [4.78, 5) is 4.32. The van der Waals surface area contributed by atoms with Crippen molar-refractivity contribution in [3.8, 4) is 17.3 Å². The second-order valence-electron chi connectivity index (χ2n) is 2.77. The zero-order valence-electron chi connectivity index (χ0n) is 7.37. The van der Waals surface area contributed by atoms with Gasteiger partial charge in [-0.25, -0.2) is 13.8 Å². The lowest BCUT2D eigenvalue weighted by Crippen LogP contribution is -1.86. The molecule has 0 saturated carbocycles. The molecule has 0 fully saturated rings. The third-order valence-electron chi connectivity index (χ3n) is 1.86. The minimum Gasteiger partial charge on any atom is -0.243 e. The Labute approximate surface area is 88.4 Å². The summed E-state index contributed by atoms with van der Waals surface area (Å²) in [5.74, 6) is -1.85. The Morgan fingerprint density at radius 3 is 2.73 bits per heavy atom. The van der Waals surface area contributed by atoms with Crippen molar-refractivity contribution in [2.24, 2.45) is 0 Å². The number of hydrogen-bond acceptors (Lipinski definition) is 3. The topological polar surface area (TPSA) is 36.7 Å². The van der Waals surface area contributed by atoms with Gasteiger partial charge in [-0.15, -0.1) is 11.3 Å². The number of rotatable bonds is 1. The largest absolute Gasteiger partial charge is 0.243 e. The van der Waals surface area contributed by atoms with Crippen LogP contribution >= 0.6 is 11.3 Å². The molecule has 0 spiro atoms. The summed E-state index contributed by atoms with van der Waals surface area (Å²) in [5.41, 5.74) is 2.29. The predicted octanol–water partition coefficient (Wildman–Crippen LogP) is 2.96. The maximum Gasteiger partial charge on any atom is 0.159 e. The number of nitrogens with zero attached hydrogens (tertiary/aromatic N) is 2. The maximum absolute atomic E-state index is 12.9. The lowest BCUT2D eigenvalue weighted by atomic mass is 10.1. The molecular formula is C10H4F2N2S. The summed E-state index contributed by atoms with van der Waals surface area (Å²) in [6, 6.07) is 5.40. The Kier molecular flexibility index (Phi) is 2.44. The molecule has 2 aromatic rings. The summed E-state index contributed by atoms with van der Waals surface area (Å²) >= 11 is 1.17. The molecule has 0 aliphatic carbocycles. The molecule has 5 heteroatoms. The molecule has 0 amide bonds. The molecule has 1 aromatic carbocycles. The van der Waals surface area contributed by atoms with Crippen LogP contribution in [-0.2, 0) is 0 Å². The van der Waals surface area contributed by atoms with E-state index in [1.807, 2.05) is 6.07 Å². The Hall–Kier alpha value is -1.80. The van der Waals surface area contributed by atoms with Crippen LogP contribution in [0.2, 0.25) is 0 Å². The van der Waals surface area contributed by atoms with E-state index in [-0.39, 0.29) is 0 Å². The van der Waals surface area contributed by atoms with E-state index in [0.717, 1.165) is 12.1 Å². The van der Waals surface area contributed by atoms with Gasteiger partial charge in [0.15, 0.2) is 11.6 Å². The van der Waals surface area contributed by atoms with E-state index in [9.17, 15) is 8.78 Å². The average molecular weight is 222 g/mol. The van der Waals surface area contributed by atoms with Crippen molar-refractivity contribution < 1.29 is 8.78 Å². The molecule has 15 heavy (non-hydrogen) atoms. The van der Waals surface area contributed by atoms with Gasteiger partial charge in [0.2, 0.25) is 0 Å². The first kappa shape index (κ1) is 9.74. The van der Waals surface area contributed by atoms with E-state index in [4.69, 9.17) is 5.26 Å². The van der Waals surface area contributed by atoms with Gasteiger partial charge >= 0.3 is 0 Å². The molecule has 2 nitrogen and oxygen atoms in total. The Balaban J connectivity index is 2.56. The Morgan fingerprint density at radius 1 is 1.27 bits per heavy atom. The highest BCUT2D eigenvalue weighted by atomic mass is 32.1. The highest BCUT2D eigenvalue weighted by Gasteiger charge is 2.10. The molecule has 0 radical (unpaired) electrons. The van der Waals surface area contributed by atoms with Gasteiger partial charge in [0.1, 0.15) is 10.9 Å². The number of benzene rings is 1. The van der Waals surface area contributed by atoms with Gasteiger partial charge in [-0.1, -0.05) is 0 Å². The van der Waals surface area contributed by atoms with Crippen LogP contribution in [0.15, 0.2) is 23.7 Å². The van der Waals surface area contributed by atoms with Gasteiger partial charge in [-0.3, -0.25) is 0 Å². The summed E-state index contributed by atoms with van der Waals surface area (Å²) < 4.78 is 25.6. The van der Waals surface area contributed by atoms with Gasteiger partial charge in [0.25, 0.3) is 0 Å². The van der Waals surface area contributed by atoms with Crippen LogP contribution in [0, 0.1) is 23.0 Å². The van der Waals surface area contributed by atoms with Crippen molar-refractivity contribution in [2.75, 3.05) is 0 Å². The molecule has 1 heterocycles. The van der Waals surface area contributed by atoms with Crippen LogP contribution in [0.5, 0.6) is 0 Å². The van der Waals surface area contributed by atoms with E-state index < -0.39 is 11.6 Å². The minimum absolute atomic E-state index is 0.390. The van der Waals surface area contributed by atoms with Crippen LogP contribution in [0.4, 0.5) is 8.78 Å². The first-order valence-electron chi connectivity index (χ1n) is 4.01. The number of nitriles is 1. The highest BCUT2D eigenvalue weighted by Crippen LogP contribution is 2.25. The van der Waals surface area contributed by atoms with E-state index >= 15 is 0 Å². The Bertz CT molecular complexity index is 543. The molecule has 0 N–H and O–H groups in total. The Morgan fingerprint density at radius 2 is 2.07 bits per heavy atom. The van der Waals surface area contributed by atoms with Gasteiger partial charge < -0.3 is 0 Å². The quantitative estimate of drug-likeness (QED) is 0.743. The standard InChI is InChI=1S/C10H4F2N2S/c11-7-2-1-6(3-8(7)12)10-9(4-13)15-5-14-10/h1-3,5H. The van der Waals surface area contributed by atoms with Crippen LogP contribution < -0.4 is 0 Å². The second-order valence-corrected chi connectivity index (χ2v) is 3.63. The van der Waals surface area contributed by atoms with Crippen molar-refractivity contribution in [1.29, 1.82) is 5.26 Å². The van der Waals surface area contributed by atoms with Crippen molar-refractivity contribution in [2.45, 2.75) is 0 Å². The normalized spacial score (nSPS) is 9.93. The summed E-state index contributed by atoms with van der Waals surface area (Å²) in [5, 5.41) is 8.75. The van der Waals surface area contributed by atoms with E-state index in [1.165, 1.54) is 22.9 Å². The zero-order valence-corrected chi connectivity index (χ0v) is 8.18. The zero-order chi connectivity index (χ0) is 10.8. The summed E-state index contributed by atoms with van der Waals surface area (Å²) in [7, 11) is 0. The molecule has 0 bridgehead atoms. The lowest BCUT2D eigenvalue weighted by molar-refractivity contribution is 0.509. The van der Waals surface area contributed by atoms with E-state index in [0.29, 0.717) is 16.1 Å². The van der Waals surface area contributed by atoms with E-state index in [2.05, 4.69) is 4.98 Å². The minimum atomic E-state index is -0.940. The van der Waals surface area contributed by atoms with Gasteiger partial charge in [-0.2, -0.15) is 5.26 Å². The molecule has 2 rings (SSSR count). The van der Waals surface area contributed by atoms with Gasteiger partial charge in [-0.05, 0) is 18.2 Å². The molecule has 0 saturated heterocycles. The lowest BCUT2D eigenvalue weighted by Gasteiger charge is -1.98. The molecular weight excluding hydrogens is 218 g/mol. The van der Waals surface area contributed by atoms with Crippen LogP contribution in [0.25, 0.3) is 11.3 Å². The summed E-state index contributed by atoms with van der Waals surface area (Å²) in [6.45, 7) is 0. The van der Waals surface area contributed by atoms with Crippen molar-refractivity contribution in [3.63, 3.8) is 0 Å². The number of thiazole rings is 1. The fraction of sp³-hybridized carbons (Fsp3) is 0. The molecule has 1 aromatic heterocycles. The number of hydrogen-bond donors (Lipinski definition) is 0. The second kappa shape index (κ2) is 3.75. The van der Waals surface area contributed by atoms with Crippen LogP contribution in [0.3, 0.4) is 0 Å². The molecule has 0 unspecified atom stereocenters. The number of aromatic nitrogens is 1. The SMILES string of the molecule is N#Cc1scnc1-c1ccc(F)c(F)c1. The molecule has 0 aliphatic rings. The van der Waals surface area contributed by atoms with Crippen molar-refractivity contribution >= 4 is 11.3 Å². The first-order valence-corrected chi connectivity index (χ1v) is 4.89. The van der Waals surface area contributed by atoms with Crippen LogP contribution in [-0.4, -0.2) is 4.98 Å². The van der Waals surface area contributed by atoms with Gasteiger partial charge in [0, 0.05) is 5.56 Å². The molecule has 74 valence electrons. The number of halogens is 2. The predicted molar refractivity (Wildman–Crippen MR) is 52.2 cm³/mol. The third-order valence-corrected chi connectivity index (χ3v) is 2.59. The fourth-order valence-corrected chi connectivity index (χ4v) is 1.77. The average Bonchev–Trinajstić information content (AvgIpc) is 2.70. The smallest absolute Gasteiger partial charge is 0.159 e. The van der Waals surface area contributed by atoms with E-state index in [1.54, 1.807) is 0 Å². The van der Waals surface area contributed by atoms with Gasteiger partial charge in [0.05, 0.1) is 11.2 Å². The molecule has 0 atom stereocenters. The van der Waals surface area contributed by atoms with Crippen molar-refractivity contribution in [3.05, 3.63) is 40.2 Å². The fourth-order valence-electron chi connectivity index (χ4n) is 1.17. The highest BCUT2D eigenvalue weighted by molar-refractivity contribution is 7.10. The third kappa shape index (κ3) is 1.72. The van der Waals surface area contributed by atoms with Crippen molar-refractivity contribution in [1.82, 2.24) is 4.98 Å².